The summed E-state index contributed by atoms with van der Waals surface area (Å²) in [6, 6.07) is 0. The van der Waals surface area contributed by atoms with Gasteiger partial charge in [0.1, 0.15) is 7.85 Å². The highest BCUT2D eigenvalue weighted by molar-refractivity contribution is 6.12. The van der Waals surface area contributed by atoms with Crippen LogP contribution in [0.15, 0.2) is 0 Å². The van der Waals surface area contributed by atoms with Crippen LogP contribution in [0.3, 0.4) is 0 Å². The third kappa shape index (κ3) is 2.78. The Labute approximate surface area is 92.3 Å². The Kier molecular flexibility index (Phi) is 5.85. The molecule has 0 aliphatic carbocycles. The van der Waals surface area contributed by atoms with Gasteiger partial charge in [0.25, 0.3) is 0 Å². The molecular formula is C13H29B. The zero-order valence-corrected chi connectivity index (χ0v) is 11.4. The van der Waals surface area contributed by atoms with Crippen LogP contribution in [0.4, 0.5) is 0 Å². The minimum absolute atomic E-state index is 0.587. The fourth-order valence-corrected chi connectivity index (χ4v) is 2.85. The molecule has 1 heteroatoms. The Bertz CT molecular complexity index is 139. The number of hydrogen-bond donors (Lipinski definition) is 0. The Balaban J connectivity index is 4.66. The predicted octanol–water partition coefficient (Wildman–Crippen LogP) is 3.92. The van der Waals surface area contributed by atoms with Crippen molar-refractivity contribution in [2.24, 2.45) is 17.3 Å². The monoisotopic (exact) mass is 196 g/mol. The van der Waals surface area contributed by atoms with Crippen LogP contribution in [0.1, 0.15) is 60.8 Å². The smallest absolute Gasteiger partial charge is 0.0648 e. The van der Waals surface area contributed by atoms with E-state index in [0.717, 1.165) is 17.7 Å². The third-order valence-corrected chi connectivity index (χ3v) is 4.92. The normalized spacial score (nSPS) is 17.1. The van der Waals surface area contributed by atoms with Gasteiger partial charge in [-0.1, -0.05) is 72.5 Å². The van der Waals surface area contributed by atoms with Crippen molar-refractivity contribution in [3.63, 3.8) is 0 Å². The SMILES string of the molecule is BC(C(C)C)C(C)C(CC)(CC)CC. The van der Waals surface area contributed by atoms with Crippen LogP contribution in [0.25, 0.3) is 0 Å². The highest BCUT2D eigenvalue weighted by Gasteiger charge is 2.34. The first-order valence-corrected chi connectivity index (χ1v) is 6.45. The topological polar surface area (TPSA) is 0 Å². The van der Waals surface area contributed by atoms with E-state index < -0.39 is 0 Å². The van der Waals surface area contributed by atoms with Crippen molar-refractivity contribution in [2.45, 2.75) is 66.6 Å². The highest BCUT2D eigenvalue weighted by atomic mass is 14.4. The summed E-state index contributed by atoms with van der Waals surface area (Å²) in [6.45, 7) is 14.2. The van der Waals surface area contributed by atoms with E-state index in [4.69, 9.17) is 0 Å². The van der Waals surface area contributed by atoms with Crippen molar-refractivity contribution in [3.05, 3.63) is 0 Å². The van der Waals surface area contributed by atoms with Crippen molar-refractivity contribution < 1.29 is 0 Å². The van der Waals surface area contributed by atoms with E-state index in [1.165, 1.54) is 19.3 Å². The lowest BCUT2D eigenvalue weighted by atomic mass is 9.57. The van der Waals surface area contributed by atoms with Crippen molar-refractivity contribution in [3.8, 4) is 0 Å². The summed E-state index contributed by atoms with van der Waals surface area (Å²) in [6.07, 6.45) is 3.99. The van der Waals surface area contributed by atoms with Crippen LogP contribution in [-0.2, 0) is 0 Å². The molecule has 0 fully saturated rings. The molecule has 0 saturated carbocycles. The first-order chi connectivity index (χ1) is 6.45. The summed E-state index contributed by atoms with van der Waals surface area (Å²) in [5.74, 6) is 2.51. The van der Waals surface area contributed by atoms with Crippen LogP contribution in [0.5, 0.6) is 0 Å². The second-order valence-electron chi connectivity index (χ2n) is 5.31. The lowest BCUT2D eigenvalue weighted by Crippen LogP contribution is -2.31. The second-order valence-corrected chi connectivity index (χ2v) is 5.31. The molecule has 0 aromatic rings. The Morgan fingerprint density at radius 3 is 1.50 bits per heavy atom. The molecular weight excluding hydrogens is 167 g/mol. The molecule has 14 heavy (non-hydrogen) atoms. The van der Waals surface area contributed by atoms with Gasteiger partial charge in [0.2, 0.25) is 0 Å². The molecule has 0 spiro atoms. The minimum atomic E-state index is 0.587. The molecule has 2 unspecified atom stereocenters. The van der Waals surface area contributed by atoms with Gasteiger partial charge in [-0.2, -0.15) is 0 Å². The molecule has 0 aromatic heterocycles. The molecule has 0 amide bonds. The molecule has 0 heterocycles. The molecule has 0 aliphatic heterocycles. The molecule has 0 aliphatic rings. The van der Waals surface area contributed by atoms with Gasteiger partial charge in [-0.05, 0) is 11.3 Å². The molecule has 0 N–H and O–H groups in total. The van der Waals surface area contributed by atoms with Gasteiger partial charge < -0.3 is 0 Å². The lowest BCUT2D eigenvalue weighted by molar-refractivity contribution is 0.129. The standard InChI is InChI=1S/C13H29B/c1-7-13(8-2,9-3)11(6)12(14)10(4)5/h10-12H,7-9,14H2,1-6H3. The van der Waals surface area contributed by atoms with Gasteiger partial charge in [-0.25, -0.2) is 0 Å². The van der Waals surface area contributed by atoms with Crippen LogP contribution < -0.4 is 0 Å². The summed E-state index contributed by atoms with van der Waals surface area (Å²) < 4.78 is 0. The molecule has 0 radical (unpaired) electrons. The molecule has 0 rings (SSSR count). The Morgan fingerprint density at radius 1 is 0.929 bits per heavy atom. The van der Waals surface area contributed by atoms with E-state index in [2.05, 4.69) is 49.4 Å². The van der Waals surface area contributed by atoms with E-state index in [0.29, 0.717) is 5.41 Å². The maximum atomic E-state index is 2.46. The third-order valence-electron chi connectivity index (χ3n) is 4.92. The molecule has 0 aromatic carbocycles. The van der Waals surface area contributed by atoms with Crippen LogP contribution in [0, 0.1) is 17.3 Å². The van der Waals surface area contributed by atoms with Crippen LogP contribution >= 0.6 is 0 Å². The summed E-state index contributed by atoms with van der Waals surface area (Å²) in [5.41, 5.74) is 0.587. The summed E-state index contributed by atoms with van der Waals surface area (Å²) in [7, 11) is 2.42. The van der Waals surface area contributed by atoms with Gasteiger partial charge in [-0.15, -0.1) is 0 Å². The summed E-state index contributed by atoms with van der Waals surface area (Å²) in [4.78, 5) is 0. The largest absolute Gasteiger partial charge is 0.106 e. The first-order valence-electron chi connectivity index (χ1n) is 6.45. The maximum Gasteiger partial charge on any atom is 0.106 e. The maximum absolute atomic E-state index is 2.46. The fourth-order valence-electron chi connectivity index (χ4n) is 2.85. The van der Waals surface area contributed by atoms with Crippen molar-refractivity contribution >= 4 is 7.85 Å². The first kappa shape index (κ1) is 14.1. The van der Waals surface area contributed by atoms with Gasteiger partial charge in [-0.3, -0.25) is 0 Å². The van der Waals surface area contributed by atoms with Gasteiger partial charge in [0.15, 0.2) is 0 Å². The summed E-state index contributed by atoms with van der Waals surface area (Å²) >= 11 is 0. The number of rotatable bonds is 6. The Morgan fingerprint density at radius 2 is 1.29 bits per heavy atom. The van der Waals surface area contributed by atoms with E-state index in [1.807, 2.05) is 0 Å². The van der Waals surface area contributed by atoms with Crippen LogP contribution in [-0.4, -0.2) is 7.85 Å². The summed E-state index contributed by atoms with van der Waals surface area (Å²) in [5, 5.41) is 0. The molecule has 0 nitrogen and oxygen atoms in total. The molecule has 84 valence electrons. The van der Waals surface area contributed by atoms with E-state index in [-0.39, 0.29) is 0 Å². The second kappa shape index (κ2) is 5.83. The average molecular weight is 196 g/mol. The molecule has 2 atom stereocenters. The van der Waals surface area contributed by atoms with E-state index >= 15 is 0 Å². The van der Waals surface area contributed by atoms with E-state index in [1.54, 1.807) is 0 Å². The lowest BCUT2D eigenvalue weighted by Gasteiger charge is -2.42. The predicted molar refractivity (Wildman–Crippen MR) is 69.6 cm³/mol. The molecule has 0 saturated heterocycles. The Hall–Kier alpha value is 0.0649. The zero-order chi connectivity index (χ0) is 11.4. The average Bonchev–Trinajstić information content (AvgIpc) is 2.19. The van der Waals surface area contributed by atoms with Crippen molar-refractivity contribution in [1.29, 1.82) is 0 Å². The zero-order valence-electron chi connectivity index (χ0n) is 11.4. The minimum Gasteiger partial charge on any atom is -0.0648 e. The van der Waals surface area contributed by atoms with Gasteiger partial charge >= 0.3 is 0 Å². The van der Waals surface area contributed by atoms with Crippen molar-refractivity contribution in [2.75, 3.05) is 0 Å². The highest BCUT2D eigenvalue weighted by Crippen LogP contribution is 2.45. The molecule has 0 bridgehead atoms. The fraction of sp³-hybridized carbons (Fsp3) is 1.00. The van der Waals surface area contributed by atoms with E-state index in [9.17, 15) is 0 Å². The van der Waals surface area contributed by atoms with Crippen molar-refractivity contribution in [1.82, 2.24) is 0 Å². The van der Waals surface area contributed by atoms with Gasteiger partial charge in [0, 0.05) is 0 Å². The van der Waals surface area contributed by atoms with Gasteiger partial charge in [0.05, 0.1) is 0 Å². The quantitative estimate of drug-likeness (QED) is 0.565. The number of hydrogen-bond acceptors (Lipinski definition) is 0. The van der Waals surface area contributed by atoms with Crippen LogP contribution in [0.2, 0.25) is 5.82 Å².